The van der Waals surface area contributed by atoms with Crippen molar-refractivity contribution in [1.82, 2.24) is 0 Å². The fraction of sp³-hybridized carbons (Fsp3) is 0.150. The van der Waals surface area contributed by atoms with Gasteiger partial charge >= 0.3 is 0 Å². The molecule has 0 saturated heterocycles. The van der Waals surface area contributed by atoms with Crippen molar-refractivity contribution in [2.75, 3.05) is 4.90 Å². The first kappa shape index (κ1) is 17.1. The minimum absolute atomic E-state index is 0.155. The van der Waals surface area contributed by atoms with E-state index in [0.29, 0.717) is 23.1 Å². The van der Waals surface area contributed by atoms with E-state index in [9.17, 15) is 4.79 Å². The van der Waals surface area contributed by atoms with E-state index in [2.05, 4.69) is 0 Å². The molecule has 0 radical (unpaired) electrons. The van der Waals surface area contributed by atoms with Crippen LogP contribution in [0.1, 0.15) is 12.7 Å². The molecule has 1 atom stereocenters. The first-order chi connectivity index (χ1) is 12.1. The van der Waals surface area contributed by atoms with Crippen LogP contribution in [0.5, 0.6) is 5.75 Å². The molecule has 5 heteroatoms. The summed E-state index contributed by atoms with van der Waals surface area (Å²) in [5.74, 6) is 1.14. The van der Waals surface area contributed by atoms with Gasteiger partial charge in [-0.1, -0.05) is 29.8 Å². The minimum atomic E-state index is -0.656. The lowest BCUT2D eigenvalue weighted by Gasteiger charge is -2.25. The van der Waals surface area contributed by atoms with E-state index >= 15 is 0 Å². The Morgan fingerprint density at radius 2 is 1.80 bits per heavy atom. The van der Waals surface area contributed by atoms with Gasteiger partial charge in [0.1, 0.15) is 11.5 Å². The van der Waals surface area contributed by atoms with Gasteiger partial charge < -0.3 is 14.1 Å². The van der Waals surface area contributed by atoms with E-state index in [1.807, 2.05) is 36.4 Å². The van der Waals surface area contributed by atoms with Crippen molar-refractivity contribution in [3.63, 3.8) is 0 Å². The zero-order chi connectivity index (χ0) is 17.6. The highest BCUT2D eigenvalue weighted by Gasteiger charge is 2.24. The molecule has 0 aliphatic rings. The average Bonchev–Trinajstić information content (AvgIpc) is 3.15. The SMILES string of the molecule is CC(Oc1ccc(Cl)cc1)C(=O)N(Cc1ccco1)c1ccccc1. The molecule has 0 fully saturated rings. The largest absolute Gasteiger partial charge is 0.481 e. The van der Waals surface area contributed by atoms with Gasteiger partial charge in [0, 0.05) is 10.7 Å². The van der Waals surface area contributed by atoms with Gasteiger partial charge in [-0.15, -0.1) is 0 Å². The first-order valence-corrected chi connectivity index (χ1v) is 8.32. The van der Waals surface area contributed by atoms with Gasteiger partial charge in [0.25, 0.3) is 5.91 Å². The summed E-state index contributed by atoms with van der Waals surface area (Å²) in [6.07, 6.45) is 0.938. The number of furan rings is 1. The molecule has 3 aromatic rings. The third-order valence-electron chi connectivity index (χ3n) is 3.70. The number of rotatable bonds is 6. The van der Waals surface area contributed by atoms with E-state index < -0.39 is 6.10 Å². The Morgan fingerprint density at radius 3 is 2.44 bits per heavy atom. The number of carbonyl (C=O) groups excluding carboxylic acids is 1. The molecule has 0 N–H and O–H groups in total. The Balaban J connectivity index is 1.79. The van der Waals surface area contributed by atoms with E-state index in [1.165, 1.54) is 0 Å². The van der Waals surface area contributed by atoms with Crippen LogP contribution in [0.2, 0.25) is 5.02 Å². The van der Waals surface area contributed by atoms with Gasteiger partial charge in [0.15, 0.2) is 6.10 Å². The third-order valence-corrected chi connectivity index (χ3v) is 3.95. The number of hydrogen-bond donors (Lipinski definition) is 0. The maximum Gasteiger partial charge on any atom is 0.268 e. The maximum atomic E-state index is 13.0. The van der Waals surface area contributed by atoms with E-state index in [0.717, 1.165) is 5.69 Å². The number of para-hydroxylation sites is 1. The predicted octanol–water partition coefficient (Wildman–Crippen LogP) is 4.93. The second kappa shape index (κ2) is 7.90. The number of hydrogen-bond acceptors (Lipinski definition) is 3. The molecule has 3 rings (SSSR count). The lowest BCUT2D eigenvalue weighted by Crippen LogP contribution is -2.40. The van der Waals surface area contributed by atoms with Crippen LogP contribution in [0.15, 0.2) is 77.4 Å². The quantitative estimate of drug-likeness (QED) is 0.629. The van der Waals surface area contributed by atoms with E-state index in [1.54, 1.807) is 48.4 Å². The molecule has 1 heterocycles. The monoisotopic (exact) mass is 355 g/mol. The second-order valence-corrected chi connectivity index (χ2v) is 5.99. The number of anilines is 1. The number of carbonyl (C=O) groups is 1. The van der Waals surface area contributed by atoms with Crippen LogP contribution in [0, 0.1) is 0 Å². The topological polar surface area (TPSA) is 42.7 Å². The highest BCUT2D eigenvalue weighted by atomic mass is 35.5. The molecule has 0 aliphatic heterocycles. The lowest BCUT2D eigenvalue weighted by atomic mass is 10.2. The van der Waals surface area contributed by atoms with Gasteiger partial charge in [0.05, 0.1) is 12.8 Å². The summed E-state index contributed by atoms with van der Waals surface area (Å²) < 4.78 is 11.2. The summed E-state index contributed by atoms with van der Waals surface area (Å²) in [6, 6.07) is 20.0. The van der Waals surface area contributed by atoms with Crippen molar-refractivity contribution in [1.29, 1.82) is 0 Å². The van der Waals surface area contributed by atoms with Crippen molar-refractivity contribution in [3.8, 4) is 5.75 Å². The van der Waals surface area contributed by atoms with Crippen LogP contribution in [0.25, 0.3) is 0 Å². The Bertz CT molecular complexity index is 801. The molecule has 2 aromatic carbocycles. The van der Waals surface area contributed by atoms with E-state index in [4.69, 9.17) is 20.8 Å². The summed E-state index contributed by atoms with van der Waals surface area (Å²) >= 11 is 5.88. The fourth-order valence-corrected chi connectivity index (χ4v) is 2.58. The zero-order valence-electron chi connectivity index (χ0n) is 13.8. The van der Waals surface area contributed by atoms with Crippen LogP contribution in [0.4, 0.5) is 5.69 Å². The summed E-state index contributed by atoms with van der Waals surface area (Å²) in [5, 5.41) is 0.620. The molecule has 0 bridgehead atoms. The van der Waals surface area contributed by atoms with Crippen molar-refractivity contribution < 1.29 is 13.9 Å². The summed E-state index contributed by atoms with van der Waals surface area (Å²) in [4.78, 5) is 14.6. The van der Waals surface area contributed by atoms with Crippen LogP contribution in [-0.2, 0) is 11.3 Å². The maximum absolute atomic E-state index is 13.0. The molecule has 1 amide bonds. The molecule has 1 unspecified atom stereocenters. The van der Waals surface area contributed by atoms with Crippen LogP contribution in [0.3, 0.4) is 0 Å². The van der Waals surface area contributed by atoms with Crippen LogP contribution in [-0.4, -0.2) is 12.0 Å². The summed E-state index contributed by atoms with van der Waals surface area (Å²) in [7, 11) is 0. The Morgan fingerprint density at radius 1 is 1.08 bits per heavy atom. The molecule has 128 valence electrons. The highest BCUT2D eigenvalue weighted by Crippen LogP contribution is 2.21. The molecule has 0 spiro atoms. The minimum Gasteiger partial charge on any atom is -0.481 e. The highest BCUT2D eigenvalue weighted by molar-refractivity contribution is 6.30. The predicted molar refractivity (Wildman–Crippen MR) is 97.9 cm³/mol. The lowest BCUT2D eigenvalue weighted by molar-refractivity contribution is -0.124. The molecule has 25 heavy (non-hydrogen) atoms. The van der Waals surface area contributed by atoms with E-state index in [-0.39, 0.29) is 5.91 Å². The Kier molecular flexibility index (Phi) is 5.41. The fourth-order valence-electron chi connectivity index (χ4n) is 2.45. The smallest absolute Gasteiger partial charge is 0.268 e. The molecular formula is C20H18ClNO3. The number of nitrogens with zero attached hydrogens (tertiary/aromatic N) is 1. The average molecular weight is 356 g/mol. The molecule has 4 nitrogen and oxygen atoms in total. The number of amides is 1. The number of benzene rings is 2. The molecule has 0 aliphatic carbocycles. The van der Waals surface area contributed by atoms with Crippen molar-refractivity contribution in [2.45, 2.75) is 19.6 Å². The zero-order valence-corrected chi connectivity index (χ0v) is 14.5. The van der Waals surface area contributed by atoms with Crippen molar-refractivity contribution in [2.24, 2.45) is 0 Å². The van der Waals surface area contributed by atoms with Gasteiger partial charge in [-0.2, -0.15) is 0 Å². The Hall–Kier alpha value is -2.72. The molecule has 1 aromatic heterocycles. The van der Waals surface area contributed by atoms with Gasteiger partial charge in [0.2, 0.25) is 0 Å². The number of ether oxygens (including phenoxy) is 1. The molecule has 0 saturated carbocycles. The summed E-state index contributed by atoms with van der Waals surface area (Å²) in [6.45, 7) is 2.07. The Labute approximate surface area is 151 Å². The normalized spacial score (nSPS) is 11.8. The van der Waals surface area contributed by atoms with Crippen molar-refractivity contribution >= 4 is 23.2 Å². The van der Waals surface area contributed by atoms with Crippen molar-refractivity contribution in [3.05, 3.63) is 83.8 Å². The standard InChI is InChI=1S/C20H18ClNO3/c1-15(25-18-11-9-16(21)10-12-18)20(23)22(14-19-8-5-13-24-19)17-6-3-2-4-7-17/h2-13,15H,14H2,1H3. The molecular weight excluding hydrogens is 338 g/mol. The van der Waals surface area contributed by atoms with Crippen LogP contribution >= 0.6 is 11.6 Å². The first-order valence-electron chi connectivity index (χ1n) is 7.94. The van der Waals surface area contributed by atoms with Gasteiger partial charge in [-0.3, -0.25) is 4.79 Å². The van der Waals surface area contributed by atoms with Crippen LogP contribution < -0.4 is 9.64 Å². The van der Waals surface area contributed by atoms with Gasteiger partial charge in [-0.05, 0) is 55.5 Å². The third kappa shape index (κ3) is 4.43. The van der Waals surface area contributed by atoms with Gasteiger partial charge in [-0.25, -0.2) is 0 Å². The second-order valence-electron chi connectivity index (χ2n) is 5.55. The number of halogens is 1. The summed E-state index contributed by atoms with van der Waals surface area (Å²) in [5.41, 5.74) is 0.787.